The molecule has 0 bridgehead atoms. The Hall–Kier alpha value is -1.83. The van der Waals surface area contributed by atoms with Gasteiger partial charge in [0.15, 0.2) is 0 Å². The Balaban J connectivity index is 2.45. The van der Waals surface area contributed by atoms with E-state index in [1.165, 1.54) is 35.2 Å². The molecule has 2 aromatic rings. The lowest BCUT2D eigenvalue weighted by molar-refractivity contribution is -0.138. The van der Waals surface area contributed by atoms with Crippen LogP contribution in [0.4, 0.5) is 13.2 Å². The Morgan fingerprint density at radius 3 is 2.50 bits per heavy atom. The first kappa shape index (κ1) is 14.6. The van der Waals surface area contributed by atoms with Crippen molar-refractivity contribution in [3.05, 3.63) is 47.8 Å². The summed E-state index contributed by atoms with van der Waals surface area (Å²) in [6, 6.07) is 5.04. The van der Waals surface area contributed by atoms with Crippen LogP contribution in [0.25, 0.3) is 0 Å². The predicted molar refractivity (Wildman–Crippen MR) is 65.9 cm³/mol. The lowest BCUT2D eigenvalue weighted by Crippen LogP contribution is -2.14. The molecule has 108 valence electrons. The topological polar surface area (TPSA) is 52.0 Å². The van der Waals surface area contributed by atoms with Crippen molar-refractivity contribution in [1.29, 1.82) is 0 Å². The molecule has 0 unspecified atom stereocenters. The quantitative estimate of drug-likeness (QED) is 0.874. The van der Waals surface area contributed by atoms with Gasteiger partial charge in [0.25, 0.3) is 0 Å². The van der Waals surface area contributed by atoms with Gasteiger partial charge in [-0.25, -0.2) is 13.4 Å². The van der Waals surface area contributed by atoms with Crippen LogP contribution >= 0.6 is 0 Å². The molecule has 0 aliphatic rings. The van der Waals surface area contributed by atoms with Gasteiger partial charge in [0, 0.05) is 18.6 Å². The summed E-state index contributed by atoms with van der Waals surface area (Å²) in [5, 5.41) is -0.255. The van der Waals surface area contributed by atoms with Crippen molar-refractivity contribution in [2.45, 2.75) is 17.9 Å². The van der Waals surface area contributed by atoms with Gasteiger partial charge >= 0.3 is 6.18 Å². The highest BCUT2D eigenvalue weighted by Crippen LogP contribution is 2.32. The standard InChI is InChI=1S/C12H11F3N2O2S/c1-20(18,19)11-16-6-7-17(11)8-9-4-2-3-5-10(9)12(13,14)15/h2-7H,8H2,1H3. The molecule has 0 amide bonds. The fourth-order valence-corrected chi connectivity index (χ4v) is 2.67. The van der Waals surface area contributed by atoms with Crippen molar-refractivity contribution in [3.63, 3.8) is 0 Å². The average molecular weight is 304 g/mol. The highest BCUT2D eigenvalue weighted by Gasteiger charge is 2.33. The van der Waals surface area contributed by atoms with E-state index in [0.29, 0.717) is 0 Å². The molecule has 20 heavy (non-hydrogen) atoms. The summed E-state index contributed by atoms with van der Waals surface area (Å²) < 4.78 is 62.7. The maximum atomic E-state index is 12.9. The maximum Gasteiger partial charge on any atom is 0.416 e. The number of alkyl halides is 3. The van der Waals surface area contributed by atoms with E-state index in [1.54, 1.807) is 0 Å². The summed E-state index contributed by atoms with van der Waals surface area (Å²) in [6.45, 7) is -0.210. The van der Waals surface area contributed by atoms with Crippen LogP contribution in [0.15, 0.2) is 41.8 Å². The van der Waals surface area contributed by atoms with Crippen LogP contribution in [0.1, 0.15) is 11.1 Å². The summed E-state index contributed by atoms with van der Waals surface area (Å²) in [6.07, 6.45) is -0.944. The van der Waals surface area contributed by atoms with Crippen molar-refractivity contribution in [2.24, 2.45) is 0 Å². The van der Waals surface area contributed by atoms with Crippen LogP contribution in [0, 0.1) is 0 Å². The number of aromatic nitrogens is 2. The van der Waals surface area contributed by atoms with Crippen LogP contribution in [0.3, 0.4) is 0 Å². The van der Waals surface area contributed by atoms with E-state index in [9.17, 15) is 21.6 Å². The number of hydrogen-bond acceptors (Lipinski definition) is 3. The molecule has 0 fully saturated rings. The molecule has 1 aromatic heterocycles. The number of benzene rings is 1. The van der Waals surface area contributed by atoms with Crippen molar-refractivity contribution < 1.29 is 21.6 Å². The molecular weight excluding hydrogens is 293 g/mol. The molecule has 2 rings (SSSR count). The van der Waals surface area contributed by atoms with Crippen LogP contribution in [0.2, 0.25) is 0 Å². The van der Waals surface area contributed by atoms with Crippen molar-refractivity contribution in [3.8, 4) is 0 Å². The molecule has 0 N–H and O–H groups in total. The molecule has 0 aliphatic carbocycles. The third kappa shape index (κ3) is 3.01. The third-order valence-electron chi connectivity index (χ3n) is 2.67. The fraction of sp³-hybridized carbons (Fsp3) is 0.250. The van der Waals surface area contributed by atoms with E-state index in [4.69, 9.17) is 0 Å². The first-order chi connectivity index (χ1) is 9.19. The average Bonchev–Trinajstić information content (AvgIpc) is 2.76. The van der Waals surface area contributed by atoms with E-state index in [1.807, 2.05) is 0 Å². The van der Waals surface area contributed by atoms with E-state index >= 15 is 0 Å². The molecule has 4 nitrogen and oxygen atoms in total. The number of hydrogen-bond donors (Lipinski definition) is 0. The van der Waals surface area contributed by atoms with Crippen molar-refractivity contribution in [1.82, 2.24) is 9.55 Å². The van der Waals surface area contributed by atoms with Crippen LogP contribution in [-0.4, -0.2) is 24.2 Å². The maximum absolute atomic E-state index is 12.9. The molecule has 0 saturated carbocycles. The SMILES string of the molecule is CS(=O)(=O)c1nccn1Cc1ccccc1C(F)(F)F. The van der Waals surface area contributed by atoms with E-state index < -0.39 is 21.6 Å². The van der Waals surface area contributed by atoms with E-state index in [2.05, 4.69) is 4.98 Å². The Morgan fingerprint density at radius 1 is 1.25 bits per heavy atom. The van der Waals surface area contributed by atoms with Crippen LogP contribution in [0.5, 0.6) is 0 Å². The zero-order valence-corrected chi connectivity index (χ0v) is 11.2. The zero-order valence-electron chi connectivity index (χ0n) is 10.4. The lowest BCUT2D eigenvalue weighted by Gasteiger charge is -2.13. The number of imidazole rings is 1. The zero-order chi connectivity index (χ0) is 15.0. The van der Waals surface area contributed by atoms with Gasteiger partial charge in [-0.1, -0.05) is 18.2 Å². The summed E-state index contributed by atoms with van der Waals surface area (Å²) in [7, 11) is -3.59. The van der Waals surface area contributed by atoms with E-state index in [-0.39, 0.29) is 17.3 Å². The van der Waals surface area contributed by atoms with Gasteiger partial charge in [0.1, 0.15) is 0 Å². The minimum Gasteiger partial charge on any atom is -0.318 e. The van der Waals surface area contributed by atoms with Crippen molar-refractivity contribution in [2.75, 3.05) is 6.26 Å². The first-order valence-electron chi connectivity index (χ1n) is 5.56. The molecular formula is C12H11F3N2O2S. The molecule has 0 saturated heterocycles. The minimum absolute atomic E-state index is 0.0112. The summed E-state index contributed by atoms with van der Waals surface area (Å²) in [4.78, 5) is 3.67. The highest BCUT2D eigenvalue weighted by atomic mass is 32.2. The Bertz CT molecular complexity index is 720. The molecule has 1 aromatic carbocycles. The summed E-state index contributed by atoms with van der Waals surface area (Å²) >= 11 is 0. The lowest BCUT2D eigenvalue weighted by atomic mass is 10.1. The molecule has 0 spiro atoms. The van der Waals surface area contributed by atoms with Crippen LogP contribution < -0.4 is 0 Å². The number of sulfone groups is 1. The van der Waals surface area contributed by atoms with Crippen molar-refractivity contribution >= 4 is 9.84 Å². The van der Waals surface area contributed by atoms with Gasteiger partial charge in [0.2, 0.25) is 15.0 Å². The minimum atomic E-state index is -4.48. The Labute approximate surface area is 113 Å². The second kappa shape index (κ2) is 4.93. The van der Waals surface area contributed by atoms with Gasteiger partial charge in [0.05, 0.1) is 12.1 Å². The Morgan fingerprint density at radius 2 is 1.90 bits per heavy atom. The second-order valence-electron chi connectivity index (χ2n) is 4.26. The number of nitrogens with zero attached hydrogens (tertiary/aromatic N) is 2. The fourth-order valence-electron chi connectivity index (χ4n) is 1.86. The highest BCUT2D eigenvalue weighted by molar-refractivity contribution is 7.90. The van der Waals surface area contributed by atoms with Gasteiger partial charge in [-0.3, -0.25) is 0 Å². The summed E-state index contributed by atoms with van der Waals surface area (Å²) in [5.41, 5.74) is -0.795. The van der Waals surface area contributed by atoms with Gasteiger partial charge in [-0.05, 0) is 11.6 Å². The van der Waals surface area contributed by atoms with E-state index in [0.717, 1.165) is 12.3 Å². The second-order valence-corrected chi connectivity index (χ2v) is 6.17. The normalized spacial score (nSPS) is 12.6. The number of rotatable bonds is 3. The molecule has 1 heterocycles. The third-order valence-corrected chi connectivity index (χ3v) is 3.68. The van der Waals surface area contributed by atoms with Gasteiger partial charge < -0.3 is 4.57 Å². The van der Waals surface area contributed by atoms with Gasteiger partial charge in [-0.2, -0.15) is 13.2 Å². The van der Waals surface area contributed by atoms with Gasteiger partial charge in [-0.15, -0.1) is 0 Å². The first-order valence-corrected chi connectivity index (χ1v) is 7.45. The molecule has 8 heteroatoms. The summed E-state index contributed by atoms with van der Waals surface area (Å²) in [5.74, 6) is 0. The smallest absolute Gasteiger partial charge is 0.318 e. The number of halogens is 3. The Kier molecular flexibility index (Phi) is 3.59. The molecule has 0 aliphatic heterocycles. The molecule has 0 radical (unpaired) electrons. The largest absolute Gasteiger partial charge is 0.416 e. The monoisotopic (exact) mass is 304 g/mol. The predicted octanol–water partition coefficient (Wildman–Crippen LogP) is 2.35. The van der Waals surface area contributed by atoms with Crippen LogP contribution in [-0.2, 0) is 22.6 Å². The molecule has 0 atom stereocenters.